The van der Waals surface area contributed by atoms with Crippen molar-refractivity contribution in [3.63, 3.8) is 0 Å². The van der Waals surface area contributed by atoms with E-state index in [1.54, 1.807) is 4.90 Å². The van der Waals surface area contributed by atoms with Crippen molar-refractivity contribution in [2.45, 2.75) is 38.0 Å². The monoisotopic (exact) mass is 445 g/mol. The molecule has 1 aromatic carbocycles. The molecule has 3 rings (SSSR count). The number of carbonyl (C=O) groups excluding carboxylic acids is 2. The van der Waals surface area contributed by atoms with E-state index in [4.69, 9.17) is 0 Å². The van der Waals surface area contributed by atoms with Crippen LogP contribution in [-0.2, 0) is 11.0 Å². The van der Waals surface area contributed by atoms with E-state index in [0.29, 0.717) is 70.5 Å². The van der Waals surface area contributed by atoms with Gasteiger partial charge in [-0.15, -0.1) is 0 Å². The normalized spacial score (nSPS) is 19.5. The molecule has 10 heteroatoms. The summed E-state index contributed by atoms with van der Waals surface area (Å²) in [5.74, 6) is -1.74. The molecule has 0 spiro atoms. The van der Waals surface area contributed by atoms with Crippen LogP contribution in [0.3, 0.4) is 0 Å². The number of halogens is 4. The van der Waals surface area contributed by atoms with E-state index in [1.807, 2.05) is 4.90 Å². The molecule has 0 unspecified atom stereocenters. The molecule has 0 aliphatic carbocycles. The van der Waals surface area contributed by atoms with Crippen molar-refractivity contribution in [2.75, 3.05) is 39.3 Å². The maximum absolute atomic E-state index is 13.5. The Morgan fingerprint density at radius 3 is 2.29 bits per heavy atom. The van der Waals surface area contributed by atoms with Crippen molar-refractivity contribution in [3.8, 4) is 0 Å². The average Bonchev–Trinajstić information content (AvgIpc) is 2.73. The van der Waals surface area contributed by atoms with Crippen LogP contribution in [-0.4, -0.2) is 72.1 Å². The van der Waals surface area contributed by atoms with Crippen molar-refractivity contribution in [1.29, 1.82) is 0 Å². The van der Waals surface area contributed by atoms with Gasteiger partial charge in [0, 0.05) is 38.3 Å². The van der Waals surface area contributed by atoms with Gasteiger partial charge in [-0.3, -0.25) is 14.5 Å². The van der Waals surface area contributed by atoms with Crippen molar-refractivity contribution in [1.82, 2.24) is 15.1 Å². The number of amides is 2. The minimum Gasteiger partial charge on any atom is -0.393 e. The molecular weight excluding hydrogens is 418 g/mol. The first-order valence-corrected chi connectivity index (χ1v) is 10.5. The van der Waals surface area contributed by atoms with Crippen LogP contribution >= 0.6 is 0 Å². The molecule has 2 amide bonds. The second-order valence-corrected chi connectivity index (χ2v) is 8.27. The summed E-state index contributed by atoms with van der Waals surface area (Å²) in [6.07, 6.45) is -2.34. The molecule has 2 aliphatic rings. The lowest BCUT2D eigenvalue weighted by atomic mass is 9.96. The van der Waals surface area contributed by atoms with E-state index < -0.39 is 23.5 Å². The predicted molar refractivity (Wildman–Crippen MR) is 105 cm³/mol. The van der Waals surface area contributed by atoms with Crippen molar-refractivity contribution in [3.05, 3.63) is 35.1 Å². The fourth-order valence-corrected chi connectivity index (χ4v) is 3.98. The third-order valence-corrected chi connectivity index (χ3v) is 5.92. The molecule has 1 aromatic rings. The molecule has 31 heavy (non-hydrogen) atoms. The molecule has 0 bridgehead atoms. The molecule has 0 radical (unpaired) electrons. The Morgan fingerprint density at radius 2 is 1.68 bits per heavy atom. The van der Waals surface area contributed by atoms with Gasteiger partial charge in [0.05, 0.1) is 18.2 Å². The highest BCUT2D eigenvalue weighted by Gasteiger charge is 2.32. The maximum atomic E-state index is 13.5. The van der Waals surface area contributed by atoms with E-state index in [2.05, 4.69) is 5.32 Å². The van der Waals surface area contributed by atoms with Crippen LogP contribution in [0.15, 0.2) is 18.2 Å². The van der Waals surface area contributed by atoms with Gasteiger partial charge in [-0.05, 0) is 49.8 Å². The van der Waals surface area contributed by atoms with Crippen LogP contribution in [0.5, 0.6) is 0 Å². The number of carbonyl (C=O) groups is 2. The summed E-state index contributed by atoms with van der Waals surface area (Å²) in [5, 5.41) is 12.1. The third kappa shape index (κ3) is 6.64. The minimum atomic E-state index is -4.73. The van der Waals surface area contributed by atoms with E-state index in [1.165, 1.54) is 0 Å². The fourth-order valence-electron chi connectivity index (χ4n) is 3.98. The van der Waals surface area contributed by atoms with E-state index in [9.17, 15) is 32.3 Å². The van der Waals surface area contributed by atoms with Gasteiger partial charge < -0.3 is 15.3 Å². The average molecular weight is 445 g/mol. The van der Waals surface area contributed by atoms with E-state index >= 15 is 0 Å². The minimum absolute atomic E-state index is 0.0401. The Morgan fingerprint density at radius 1 is 1.03 bits per heavy atom. The second kappa shape index (κ2) is 9.95. The smallest absolute Gasteiger partial charge is 0.393 e. The van der Waals surface area contributed by atoms with Crippen molar-refractivity contribution < 1.29 is 32.3 Å². The highest BCUT2D eigenvalue weighted by molar-refractivity contribution is 5.94. The summed E-state index contributed by atoms with van der Waals surface area (Å²) in [5.41, 5.74) is -1.57. The van der Waals surface area contributed by atoms with E-state index in [0.717, 1.165) is 6.07 Å². The Hall–Kier alpha value is -2.20. The highest BCUT2D eigenvalue weighted by atomic mass is 19.4. The Bertz CT molecular complexity index is 787. The van der Waals surface area contributed by atoms with Gasteiger partial charge in [-0.2, -0.15) is 13.2 Å². The Labute approximate surface area is 178 Å². The van der Waals surface area contributed by atoms with Gasteiger partial charge in [-0.1, -0.05) is 0 Å². The molecule has 0 saturated carbocycles. The number of hydrogen-bond donors (Lipinski definition) is 2. The Balaban J connectivity index is 1.43. The zero-order valence-corrected chi connectivity index (χ0v) is 17.1. The predicted octanol–water partition coefficient (Wildman–Crippen LogP) is 2.27. The molecule has 2 fully saturated rings. The SMILES string of the molecule is O=C(NCC1CCN(C(=O)CN2CCC(O)CC2)CC1)c1cc(F)cc(C(F)(F)F)c1. The van der Waals surface area contributed by atoms with Gasteiger partial charge in [-0.25, -0.2) is 4.39 Å². The number of piperidine rings is 2. The zero-order chi connectivity index (χ0) is 22.6. The van der Waals surface area contributed by atoms with Crippen LogP contribution in [0.4, 0.5) is 17.6 Å². The number of nitrogens with zero attached hydrogens (tertiary/aromatic N) is 2. The van der Waals surface area contributed by atoms with E-state index in [-0.39, 0.29) is 30.0 Å². The van der Waals surface area contributed by atoms with Gasteiger partial charge in [0.1, 0.15) is 5.82 Å². The topological polar surface area (TPSA) is 72.9 Å². The van der Waals surface area contributed by atoms with Gasteiger partial charge in [0.2, 0.25) is 5.91 Å². The number of hydrogen-bond acceptors (Lipinski definition) is 4. The van der Waals surface area contributed by atoms with Crippen LogP contribution < -0.4 is 5.32 Å². The first kappa shape index (κ1) is 23.5. The quantitative estimate of drug-likeness (QED) is 0.683. The lowest BCUT2D eigenvalue weighted by molar-refractivity contribution is -0.138. The summed E-state index contributed by atoms with van der Waals surface area (Å²) in [6, 6.07) is 1.78. The number of benzene rings is 1. The standard InChI is InChI=1S/C21H27F4N3O3/c22-17-10-15(9-16(11-17)21(23,24)25)20(31)26-12-14-1-7-28(8-2-14)19(30)13-27-5-3-18(29)4-6-27/h9-11,14,18,29H,1-8,12-13H2,(H,26,31). The molecule has 172 valence electrons. The summed E-state index contributed by atoms with van der Waals surface area (Å²) < 4.78 is 51.9. The second-order valence-electron chi connectivity index (χ2n) is 8.27. The van der Waals surface area contributed by atoms with Gasteiger partial charge in [0.25, 0.3) is 5.91 Å². The van der Waals surface area contributed by atoms with Crippen LogP contribution in [0.1, 0.15) is 41.6 Å². The largest absolute Gasteiger partial charge is 0.416 e. The number of nitrogens with one attached hydrogen (secondary N) is 1. The van der Waals surface area contributed by atoms with Crippen LogP contribution in [0.2, 0.25) is 0 Å². The zero-order valence-electron chi connectivity index (χ0n) is 17.1. The van der Waals surface area contributed by atoms with Crippen LogP contribution in [0.25, 0.3) is 0 Å². The molecule has 0 aromatic heterocycles. The first-order chi connectivity index (χ1) is 14.6. The molecule has 2 saturated heterocycles. The van der Waals surface area contributed by atoms with Gasteiger partial charge in [0.15, 0.2) is 0 Å². The molecule has 0 atom stereocenters. The Kier molecular flexibility index (Phi) is 7.53. The number of likely N-dealkylation sites (tertiary alicyclic amines) is 2. The number of aliphatic hydroxyl groups is 1. The lowest BCUT2D eigenvalue weighted by Gasteiger charge is -2.35. The van der Waals surface area contributed by atoms with Crippen molar-refractivity contribution >= 4 is 11.8 Å². The van der Waals surface area contributed by atoms with Crippen molar-refractivity contribution in [2.24, 2.45) is 5.92 Å². The third-order valence-electron chi connectivity index (χ3n) is 5.92. The molecule has 6 nitrogen and oxygen atoms in total. The summed E-state index contributed by atoms with van der Waals surface area (Å²) in [7, 11) is 0. The number of alkyl halides is 3. The fraction of sp³-hybridized carbons (Fsp3) is 0.619. The molecule has 2 N–H and O–H groups in total. The first-order valence-electron chi connectivity index (χ1n) is 10.5. The number of aliphatic hydroxyl groups excluding tert-OH is 1. The van der Waals surface area contributed by atoms with Gasteiger partial charge >= 0.3 is 6.18 Å². The summed E-state index contributed by atoms with van der Waals surface area (Å²) in [6.45, 7) is 3.08. The summed E-state index contributed by atoms with van der Waals surface area (Å²) in [4.78, 5) is 28.5. The molecular formula is C21H27F4N3O3. The molecule has 2 heterocycles. The molecule has 2 aliphatic heterocycles. The number of rotatable bonds is 5. The van der Waals surface area contributed by atoms with Crippen LogP contribution in [0, 0.1) is 11.7 Å². The summed E-state index contributed by atoms with van der Waals surface area (Å²) >= 11 is 0. The highest BCUT2D eigenvalue weighted by Crippen LogP contribution is 2.30. The lowest BCUT2D eigenvalue weighted by Crippen LogP contribution is -2.47. The maximum Gasteiger partial charge on any atom is 0.416 e.